The summed E-state index contributed by atoms with van der Waals surface area (Å²) in [5.41, 5.74) is 1.16. The van der Waals surface area contributed by atoms with Crippen LogP contribution in [0.2, 0.25) is 0 Å². The number of carbonyl (C=O) groups excluding carboxylic acids is 1. The van der Waals surface area contributed by atoms with Gasteiger partial charge in [-0.3, -0.25) is 4.79 Å². The fourth-order valence-electron chi connectivity index (χ4n) is 2.75. The van der Waals surface area contributed by atoms with Gasteiger partial charge in [-0.05, 0) is 49.4 Å². The Bertz CT molecular complexity index is 445. The van der Waals surface area contributed by atoms with E-state index < -0.39 is 0 Å². The first-order valence-corrected chi connectivity index (χ1v) is 7.82. The van der Waals surface area contributed by atoms with Crippen LogP contribution in [0.1, 0.15) is 31.7 Å². The first kappa shape index (κ1) is 15.8. The number of rotatable bonds is 6. The van der Waals surface area contributed by atoms with Crippen molar-refractivity contribution in [2.24, 2.45) is 5.92 Å². The smallest absolute Gasteiger partial charge is 0.220 e. The Morgan fingerprint density at radius 2 is 2.14 bits per heavy atom. The number of hydrogen-bond donors (Lipinski definition) is 2. The largest absolute Gasteiger partial charge is 0.497 e. The van der Waals surface area contributed by atoms with E-state index in [1.165, 1.54) is 12.8 Å². The molecule has 0 bridgehead atoms. The van der Waals surface area contributed by atoms with Crippen molar-refractivity contribution in [2.45, 2.75) is 38.6 Å². The first-order chi connectivity index (χ1) is 10.2. The fourth-order valence-corrected chi connectivity index (χ4v) is 2.75. The van der Waals surface area contributed by atoms with E-state index in [4.69, 9.17) is 4.74 Å². The van der Waals surface area contributed by atoms with Crippen LogP contribution in [0.5, 0.6) is 5.75 Å². The van der Waals surface area contributed by atoms with Gasteiger partial charge in [-0.2, -0.15) is 0 Å². The first-order valence-electron chi connectivity index (χ1n) is 7.82. The molecule has 1 fully saturated rings. The Morgan fingerprint density at radius 1 is 1.38 bits per heavy atom. The molecule has 21 heavy (non-hydrogen) atoms. The zero-order valence-electron chi connectivity index (χ0n) is 13.0. The molecule has 2 atom stereocenters. The van der Waals surface area contributed by atoms with Crippen LogP contribution >= 0.6 is 0 Å². The van der Waals surface area contributed by atoms with Gasteiger partial charge in [0.25, 0.3) is 0 Å². The van der Waals surface area contributed by atoms with Crippen LogP contribution in [-0.4, -0.2) is 32.1 Å². The summed E-state index contributed by atoms with van der Waals surface area (Å²) in [6, 6.07) is 8.30. The fraction of sp³-hybridized carbons (Fsp3) is 0.588. The van der Waals surface area contributed by atoms with Gasteiger partial charge >= 0.3 is 0 Å². The Hall–Kier alpha value is -1.55. The molecule has 0 radical (unpaired) electrons. The minimum absolute atomic E-state index is 0.130. The highest BCUT2D eigenvalue weighted by molar-refractivity contribution is 5.76. The number of methoxy groups -OCH3 is 1. The molecule has 116 valence electrons. The summed E-state index contributed by atoms with van der Waals surface area (Å²) in [5, 5.41) is 6.53. The monoisotopic (exact) mass is 290 g/mol. The summed E-state index contributed by atoms with van der Waals surface area (Å²) >= 11 is 0. The van der Waals surface area contributed by atoms with E-state index in [1.807, 2.05) is 24.3 Å². The van der Waals surface area contributed by atoms with Crippen molar-refractivity contribution in [3.63, 3.8) is 0 Å². The summed E-state index contributed by atoms with van der Waals surface area (Å²) in [5.74, 6) is 1.62. The minimum Gasteiger partial charge on any atom is -0.497 e. The zero-order valence-corrected chi connectivity index (χ0v) is 13.0. The second-order valence-electron chi connectivity index (χ2n) is 5.83. The zero-order chi connectivity index (χ0) is 15.1. The minimum atomic E-state index is 0.130. The van der Waals surface area contributed by atoms with Gasteiger partial charge in [0.1, 0.15) is 5.75 Å². The molecule has 0 aromatic heterocycles. The molecule has 0 spiro atoms. The highest BCUT2D eigenvalue weighted by Crippen LogP contribution is 2.15. The van der Waals surface area contributed by atoms with Gasteiger partial charge in [-0.25, -0.2) is 0 Å². The molecule has 1 heterocycles. The lowest BCUT2D eigenvalue weighted by atomic mass is 9.93. The summed E-state index contributed by atoms with van der Waals surface area (Å²) in [4.78, 5) is 11.9. The third-order valence-electron chi connectivity index (χ3n) is 4.25. The van der Waals surface area contributed by atoms with Crippen molar-refractivity contribution >= 4 is 5.91 Å². The summed E-state index contributed by atoms with van der Waals surface area (Å²) in [6.07, 6.45) is 3.79. The van der Waals surface area contributed by atoms with E-state index in [9.17, 15) is 4.79 Å². The summed E-state index contributed by atoms with van der Waals surface area (Å²) < 4.78 is 5.12. The maximum absolute atomic E-state index is 11.9. The van der Waals surface area contributed by atoms with E-state index in [0.717, 1.165) is 30.8 Å². The van der Waals surface area contributed by atoms with Crippen LogP contribution in [0, 0.1) is 5.92 Å². The molecule has 1 aromatic rings. The maximum atomic E-state index is 11.9. The van der Waals surface area contributed by atoms with E-state index >= 15 is 0 Å². The predicted octanol–water partition coefficient (Wildman–Crippen LogP) is 2.13. The molecule has 2 rings (SSSR count). The number of carbonyl (C=O) groups is 1. The predicted molar refractivity (Wildman–Crippen MR) is 84.5 cm³/mol. The number of aryl methyl sites for hydroxylation is 1. The molecule has 0 aliphatic carbocycles. The van der Waals surface area contributed by atoms with Gasteiger partial charge in [0.15, 0.2) is 0 Å². The molecular weight excluding hydrogens is 264 g/mol. The molecule has 1 aromatic carbocycles. The summed E-state index contributed by atoms with van der Waals surface area (Å²) in [7, 11) is 1.66. The quantitative estimate of drug-likeness (QED) is 0.844. The number of piperidine rings is 1. The standard InChI is InChI=1S/C17H26N2O2/c1-13-4-3-11-18-16(13)12-19-17(20)10-7-14-5-8-15(21-2)9-6-14/h5-6,8-9,13,16,18H,3-4,7,10-12H2,1-2H3,(H,19,20). The second-order valence-corrected chi connectivity index (χ2v) is 5.83. The van der Waals surface area contributed by atoms with Crippen molar-refractivity contribution in [2.75, 3.05) is 20.2 Å². The van der Waals surface area contributed by atoms with Gasteiger partial charge in [-0.15, -0.1) is 0 Å². The normalized spacial score (nSPS) is 21.8. The van der Waals surface area contributed by atoms with Crippen LogP contribution in [0.3, 0.4) is 0 Å². The molecule has 1 aliphatic rings. The third kappa shape index (κ3) is 5.05. The molecule has 4 nitrogen and oxygen atoms in total. The van der Waals surface area contributed by atoms with Gasteiger partial charge in [-0.1, -0.05) is 19.1 Å². The van der Waals surface area contributed by atoms with E-state index in [0.29, 0.717) is 18.4 Å². The number of hydrogen-bond acceptors (Lipinski definition) is 3. The molecule has 4 heteroatoms. The molecule has 0 saturated carbocycles. The molecule has 2 N–H and O–H groups in total. The van der Waals surface area contributed by atoms with Crippen LogP contribution in [0.15, 0.2) is 24.3 Å². The Balaban J connectivity index is 1.69. The Kier molecular flexibility index (Phi) is 6.05. The average molecular weight is 290 g/mol. The van der Waals surface area contributed by atoms with E-state index in [1.54, 1.807) is 7.11 Å². The van der Waals surface area contributed by atoms with Crippen LogP contribution in [0.25, 0.3) is 0 Å². The number of amides is 1. The highest BCUT2D eigenvalue weighted by atomic mass is 16.5. The van der Waals surface area contributed by atoms with Gasteiger partial charge in [0.05, 0.1) is 7.11 Å². The van der Waals surface area contributed by atoms with Crippen molar-refractivity contribution < 1.29 is 9.53 Å². The van der Waals surface area contributed by atoms with E-state index in [2.05, 4.69) is 17.6 Å². The molecule has 1 aliphatic heterocycles. The molecule has 2 unspecified atom stereocenters. The Labute approximate surface area is 127 Å². The van der Waals surface area contributed by atoms with Crippen LogP contribution in [0.4, 0.5) is 0 Å². The lowest BCUT2D eigenvalue weighted by Crippen LogP contribution is -2.47. The lowest BCUT2D eigenvalue weighted by Gasteiger charge is -2.30. The molecule has 1 amide bonds. The van der Waals surface area contributed by atoms with Crippen molar-refractivity contribution in [1.82, 2.24) is 10.6 Å². The summed E-state index contributed by atoms with van der Waals surface area (Å²) in [6.45, 7) is 4.06. The van der Waals surface area contributed by atoms with Crippen molar-refractivity contribution in [3.8, 4) is 5.75 Å². The lowest BCUT2D eigenvalue weighted by molar-refractivity contribution is -0.121. The van der Waals surface area contributed by atoms with Crippen molar-refractivity contribution in [3.05, 3.63) is 29.8 Å². The van der Waals surface area contributed by atoms with Crippen LogP contribution in [-0.2, 0) is 11.2 Å². The van der Waals surface area contributed by atoms with Crippen LogP contribution < -0.4 is 15.4 Å². The third-order valence-corrected chi connectivity index (χ3v) is 4.25. The SMILES string of the molecule is COc1ccc(CCC(=O)NCC2NCCCC2C)cc1. The topological polar surface area (TPSA) is 50.4 Å². The number of benzene rings is 1. The van der Waals surface area contributed by atoms with Gasteiger partial charge in [0, 0.05) is 19.0 Å². The number of ether oxygens (including phenoxy) is 1. The van der Waals surface area contributed by atoms with Crippen molar-refractivity contribution in [1.29, 1.82) is 0 Å². The second kappa shape index (κ2) is 8.03. The average Bonchev–Trinajstić information content (AvgIpc) is 2.52. The molecular formula is C17H26N2O2. The Morgan fingerprint density at radius 3 is 2.81 bits per heavy atom. The van der Waals surface area contributed by atoms with Gasteiger partial charge in [0.2, 0.25) is 5.91 Å². The van der Waals surface area contributed by atoms with E-state index in [-0.39, 0.29) is 5.91 Å². The molecule has 1 saturated heterocycles. The van der Waals surface area contributed by atoms with Gasteiger partial charge < -0.3 is 15.4 Å². The highest BCUT2D eigenvalue weighted by Gasteiger charge is 2.20. The maximum Gasteiger partial charge on any atom is 0.220 e. The number of nitrogens with one attached hydrogen (secondary N) is 2.